The highest BCUT2D eigenvalue weighted by molar-refractivity contribution is 6.36. The summed E-state index contributed by atoms with van der Waals surface area (Å²) in [5, 5.41) is 13.1. The summed E-state index contributed by atoms with van der Waals surface area (Å²) in [5.74, 6) is 0. The van der Waals surface area contributed by atoms with Crippen molar-refractivity contribution in [3.8, 4) is 55.6 Å². The SMILES string of the molecule is CC(C)(C)c1cc(-c2cc3ccc4ccc5c6c(cc(c2)c3c46)-c2c-5c(-c3ccccc3)c3cc4ccccc4cc3c2-c2ccccc2)cc(C(C)(C)C)c1. The van der Waals surface area contributed by atoms with Crippen molar-refractivity contribution in [1.82, 2.24) is 0 Å². The molecule has 0 nitrogen and oxygen atoms in total. The maximum Gasteiger partial charge on any atom is -0.000719 e. The lowest BCUT2D eigenvalue weighted by atomic mass is 9.78. The Kier molecular flexibility index (Phi) is 6.88. The summed E-state index contributed by atoms with van der Waals surface area (Å²) >= 11 is 0. The van der Waals surface area contributed by atoms with E-state index < -0.39 is 0 Å². The van der Waals surface area contributed by atoms with Crippen LogP contribution < -0.4 is 0 Å². The molecule has 0 heteroatoms. The standard InChI is InChI=1S/C56H44/c1-55(2,3)42-27-40(28-43(32-42)56(4,5)6)39-25-38-22-21-35-23-24-44-52-47(31-41(26-39)48(38)51(35)52)54-50(34-17-11-8-12-18-34)46-30-37-20-14-13-19-36(37)29-45(46)49(53(44)54)33-15-9-7-10-16-33/h7-32H,1-6H3. The first-order chi connectivity index (χ1) is 27.0. The molecule has 0 atom stereocenters. The summed E-state index contributed by atoms with van der Waals surface area (Å²) in [7, 11) is 0. The van der Waals surface area contributed by atoms with Gasteiger partial charge in [-0.1, -0.05) is 169 Å². The minimum atomic E-state index is 0.0383. The van der Waals surface area contributed by atoms with Crippen LogP contribution in [0.15, 0.2) is 158 Å². The molecule has 0 fully saturated rings. The lowest BCUT2D eigenvalue weighted by Crippen LogP contribution is -2.16. The van der Waals surface area contributed by atoms with E-state index in [-0.39, 0.29) is 10.8 Å². The molecule has 0 saturated heterocycles. The van der Waals surface area contributed by atoms with Crippen LogP contribution in [0.25, 0.3) is 109 Å². The normalized spacial score (nSPS) is 12.8. The average Bonchev–Trinajstić information content (AvgIpc) is 3.52. The molecule has 1 aliphatic carbocycles. The van der Waals surface area contributed by atoms with Gasteiger partial charge in [0, 0.05) is 0 Å². The quantitative estimate of drug-likeness (QED) is 0.126. The average molecular weight is 717 g/mol. The van der Waals surface area contributed by atoms with E-state index in [1.807, 2.05) is 0 Å². The lowest BCUT2D eigenvalue weighted by molar-refractivity contribution is 0.569. The second kappa shape index (κ2) is 11.6. The van der Waals surface area contributed by atoms with E-state index in [0.717, 1.165) is 0 Å². The highest BCUT2D eigenvalue weighted by atomic mass is 14.3. The second-order valence-electron chi connectivity index (χ2n) is 18.1. The molecule has 268 valence electrons. The van der Waals surface area contributed by atoms with E-state index in [1.165, 1.54) is 121 Å². The number of benzene rings is 10. The van der Waals surface area contributed by atoms with Gasteiger partial charge in [-0.2, -0.15) is 0 Å². The summed E-state index contributed by atoms with van der Waals surface area (Å²) in [4.78, 5) is 0. The van der Waals surface area contributed by atoms with Crippen LogP contribution in [-0.2, 0) is 10.8 Å². The third-order valence-corrected chi connectivity index (χ3v) is 12.5. The van der Waals surface area contributed by atoms with Crippen molar-refractivity contribution < 1.29 is 0 Å². The molecule has 0 heterocycles. The summed E-state index contributed by atoms with van der Waals surface area (Å²) in [6.07, 6.45) is 0. The van der Waals surface area contributed by atoms with Gasteiger partial charge in [0.05, 0.1) is 0 Å². The first kappa shape index (κ1) is 33.1. The molecule has 0 radical (unpaired) electrons. The van der Waals surface area contributed by atoms with Crippen molar-refractivity contribution in [2.75, 3.05) is 0 Å². The lowest BCUT2D eigenvalue weighted by Gasteiger charge is -2.26. The Labute approximate surface area is 329 Å². The molecule has 0 aliphatic heterocycles. The monoisotopic (exact) mass is 716 g/mol. The molecule has 10 aromatic carbocycles. The zero-order chi connectivity index (χ0) is 38.1. The van der Waals surface area contributed by atoms with Crippen LogP contribution >= 0.6 is 0 Å². The smallest absolute Gasteiger partial charge is 0.000719 e. The van der Waals surface area contributed by atoms with E-state index in [1.54, 1.807) is 0 Å². The molecule has 11 rings (SSSR count). The van der Waals surface area contributed by atoms with Crippen LogP contribution in [0.2, 0.25) is 0 Å². The van der Waals surface area contributed by atoms with Gasteiger partial charge in [0.15, 0.2) is 0 Å². The molecule has 0 aromatic heterocycles. The molecule has 10 aromatic rings. The minimum absolute atomic E-state index is 0.0383. The van der Waals surface area contributed by atoms with Crippen LogP contribution in [0.5, 0.6) is 0 Å². The molecule has 0 saturated carbocycles. The van der Waals surface area contributed by atoms with Gasteiger partial charge < -0.3 is 0 Å². The van der Waals surface area contributed by atoms with Crippen molar-refractivity contribution in [2.45, 2.75) is 52.4 Å². The van der Waals surface area contributed by atoms with Gasteiger partial charge in [0.2, 0.25) is 0 Å². The van der Waals surface area contributed by atoms with Crippen molar-refractivity contribution in [3.05, 3.63) is 169 Å². The van der Waals surface area contributed by atoms with Crippen LogP contribution in [0.4, 0.5) is 0 Å². The molecular formula is C56H44. The molecule has 0 unspecified atom stereocenters. The third-order valence-electron chi connectivity index (χ3n) is 12.5. The minimum Gasteiger partial charge on any atom is -0.0622 e. The van der Waals surface area contributed by atoms with Crippen molar-refractivity contribution in [2.24, 2.45) is 0 Å². The van der Waals surface area contributed by atoms with Crippen LogP contribution in [0.1, 0.15) is 52.7 Å². The second-order valence-corrected chi connectivity index (χ2v) is 18.1. The Hall–Kier alpha value is -6.24. The summed E-state index contributed by atoms with van der Waals surface area (Å²) in [6, 6.07) is 60.2. The van der Waals surface area contributed by atoms with Gasteiger partial charge in [-0.25, -0.2) is 0 Å². The predicted octanol–water partition coefficient (Wildman–Crippen LogP) is 16.1. The molecule has 0 spiro atoms. The van der Waals surface area contributed by atoms with Crippen molar-refractivity contribution in [1.29, 1.82) is 0 Å². The molecule has 0 N–H and O–H groups in total. The fourth-order valence-electron chi connectivity index (χ4n) is 9.69. The molecule has 0 amide bonds. The zero-order valence-corrected chi connectivity index (χ0v) is 33.0. The first-order valence-electron chi connectivity index (χ1n) is 20.1. The maximum absolute atomic E-state index is 2.54. The topological polar surface area (TPSA) is 0 Å². The van der Waals surface area contributed by atoms with Gasteiger partial charge in [-0.15, -0.1) is 0 Å². The van der Waals surface area contributed by atoms with Crippen molar-refractivity contribution in [3.63, 3.8) is 0 Å². The Morgan fingerprint density at radius 1 is 0.286 bits per heavy atom. The fourth-order valence-corrected chi connectivity index (χ4v) is 9.69. The first-order valence-corrected chi connectivity index (χ1v) is 20.1. The predicted molar refractivity (Wildman–Crippen MR) is 243 cm³/mol. The molecule has 56 heavy (non-hydrogen) atoms. The number of rotatable bonds is 3. The summed E-state index contributed by atoms with van der Waals surface area (Å²) in [6.45, 7) is 14.0. The Bertz CT molecular complexity index is 3190. The van der Waals surface area contributed by atoms with Gasteiger partial charge in [0.25, 0.3) is 0 Å². The highest BCUT2D eigenvalue weighted by Crippen LogP contribution is 2.60. The Balaban J connectivity index is 1.31. The van der Waals surface area contributed by atoms with E-state index in [0.29, 0.717) is 0 Å². The Morgan fingerprint density at radius 3 is 1.34 bits per heavy atom. The van der Waals surface area contributed by atoms with E-state index in [9.17, 15) is 0 Å². The van der Waals surface area contributed by atoms with Gasteiger partial charge in [0.1, 0.15) is 0 Å². The van der Waals surface area contributed by atoms with Gasteiger partial charge in [-0.3, -0.25) is 0 Å². The van der Waals surface area contributed by atoms with Gasteiger partial charge in [-0.05, 0) is 162 Å². The third kappa shape index (κ3) is 4.85. The highest BCUT2D eigenvalue weighted by Gasteiger charge is 2.32. The number of hydrogen-bond acceptors (Lipinski definition) is 0. The molecule has 1 aliphatic rings. The number of fused-ring (bicyclic) bond motifs is 5. The molecular weight excluding hydrogens is 673 g/mol. The summed E-state index contributed by atoms with van der Waals surface area (Å²) in [5.41, 5.74) is 15.9. The fraction of sp³-hybridized carbons (Fsp3) is 0.143. The van der Waals surface area contributed by atoms with Crippen LogP contribution in [0, 0.1) is 0 Å². The maximum atomic E-state index is 2.54. The van der Waals surface area contributed by atoms with E-state index >= 15 is 0 Å². The van der Waals surface area contributed by atoms with Gasteiger partial charge >= 0.3 is 0 Å². The van der Waals surface area contributed by atoms with Crippen LogP contribution in [-0.4, -0.2) is 0 Å². The van der Waals surface area contributed by atoms with E-state index in [4.69, 9.17) is 0 Å². The van der Waals surface area contributed by atoms with Crippen LogP contribution in [0.3, 0.4) is 0 Å². The zero-order valence-electron chi connectivity index (χ0n) is 33.0. The Morgan fingerprint density at radius 2 is 0.768 bits per heavy atom. The molecule has 0 bridgehead atoms. The van der Waals surface area contributed by atoms with E-state index in [2.05, 4.69) is 199 Å². The largest absolute Gasteiger partial charge is 0.0622 e. The van der Waals surface area contributed by atoms with Crippen molar-refractivity contribution >= 4 is 53.9 Å². The summed E-state index contributed by atoms with van der Waals surface area (Å²) < 4.78 is 0. The number of hydrogen-bond donors (Lipinski definition) is 0.